The lowest BCUT2D eigenvalue weighted by molar-refractivity contribution is -0.148. The first-order chi connectivity index (χ1) is 15.9. The minimum atomic E-state index is -0.548. The SMILES string of the molecule is COc1ccc([C@@H](CC(=O)OC(C)C)NC(=O)/C=C/c2cn(Cc3ccccc3)nn2)cc1. The van der Waals surface area contributed by atoms with Crippen molar-refractivity contribution in [3.63, 3.8) is 0 Å². The molecular formula is C25H28N4O4. The predicted molar refractivity (Wildman–Crippen MR) is 124 cm³/mol. The Bertz CT molecular complexity index is 1080. The van der Waals surface area contributed by atoms with Gasteiger partial charge in [-0.1, -0.05) is 47.7 Å². The summed E-state index contributed by atoms with van der Waals surface area (Å²) in [6, 6.07) is 16.5. The van der Waals surface area contributed by atoms with Crippen molar-refractivity contribution in [2.75, 3.05) is 7.11 Å². The molecule has 3 aromatic rings. The molecule has 8 heteroatoms. The van der Waals surface area contributed by atoms with E-state index in [-0.39, 0.29) is 24.4 Å². The van der Waals surface area contributed by atoms with Crippen molar-refractivity contribution in [3.05, 3.63) is 83.7 Å². The number of ether oxygens (including phenoxy) is 2. The van der Waals surface area contributed by atoms with Crippen molar-refractivity contribution in [2.24, 2.45) is 0 Å². The normalized spacial score (nSPS) is 12.0. The number of hydrogen-bond donors (Lipinski definition) is 1. The molecule has 2 aromatic carbocycles. The lowest BCUT2D eigenvalue weighted by Crippen LogP contribution is -2.29. The van der Waals surface area contributed by atoms with Crippen molar-refractivity contribution < 1.29 is 19.1 Å². The molecule has 33 heavy (non-hydrogen) atoms. The summed E-state index contributed by atoms with van der Waals surface area (Å²) in [6.45, 7) is 4.16. The van der Waals surface area contributed by atoms with Gasteiger partial charge in [0, 0.05) is 6.08 Å². The number of aromatic nitrogens is 3. The third kappa shape index (κ3) is 7.60. The van der Waals surface area contributed by atoms with Crippen molar-refractivity contribution >= 4 is 18.0 Å². The zero-order valence-electron chi connectivity index (χ0n) is 19.0. The van der Waals surface area contributed by atoms with Gasteiger partial charge < -0.3 is 14.8 Å². The minimum absolute atomic E-state index is 0.0113. The Balaban J connectivity index is 1.65. The molecule has 0 fully saturated rings. The van der Waals surface area contributed by atoms with Gasteiger partial charge in [-0.25, -0.2) is 4.68 Å². The second kappa shape index (κ2) is 11.6. The van der Waals surface area contributed by atoms with Crippen LogP contribution in [0, 0.1) is 0 Å². The minimum Gasteiger partial charge on any atom is -0.497 e. The number of methoxy groups -OCH3 is 1. The Morgan fingerprint density at radius 1 is 1.09 bits per heavy atom. The van der Waals surface area contributed by atoms with E-state index >= 15 is 0 Å². The van der Waals surface area contributed by atoms with E-state index in [2.05, 4.69) is 15.6 Å². The van der Waals surface area contributed by atoms with Crippen molar-refractivity contribution in [1.82, 2.24) is 20.3 Å². The van der Waals surface area contributed by atoms with Crippen LogP contribution in [0.15, 0.2) is 66.9 Å². The van der Waals surface area contributed by atoms with E-state index in [0.717, 1.165) is 11.1 Å². The first-order valence-corrected chi connectivity index (χ1v) is 10.7. The summed E-state index contributed by atoms with van der Waals surface area (Å²) in [6.07, 6.45) is 4.50. The van der Waals surface area contributed by atoms with E-state index < -0.39 is 6.04 Å². The van der Waals surface area contributed by atoms with Gasteiger partial charge in [-0.05, 0) is 43.2 Å². The maximum absolute atomic E-state index is 12.6. The first-order valence-electron chi connectivity index (χ1n) is 10.7. The highest BCUT2D eigenvalue weighted by atomic mass is 16.5. The van der Waals surface area contributed by atoms with Crippen LogP contribution in [0.25, 0.3) is 6.08 Å². The molecule has 0 aliphatic rings. The van der Waals surface area contributed by atoms with Crippen LogP contribution < -0.4 is 10.1 Å². The number of hydrogen-bond acceptors (Lipinski definition) is 6. The molecule has 0 saturated carbocycles. The molecule has 0 unspecified atom stereocenters. The van der Waals surface area contributed by atoms with Crippen LogP contribution in [0.4, 0.5) is 0 Å². The largest absolute Gasteiger partial charge is 0.497 e. The van der Waals surface area contributed by atoms with Gasteiger partial charge in [-0.3, -0.25) is 9.59 Å². The topological polar surface area (TPSA) is 95.3 Å². The number of nitrogens with zero attached hydrogens (tertiary/aromatic N) is 3. The van der Waals surface area contributed by atoms with Gasteiger partial charge in [0.1, 0.15) is 11.4 Å². The van der Waals surface area contributed by atoms with E-state index in [9.17, 15) is 9.59 Å². The van der Waals surface area contributed by atoms with Gasteiger partial charge in [0.15, 0.2) is 0 Å². The summed E-state index contributed by atoms with van der Waals surface area (Å²) in [5.74, 6) is -0.0585. The Labute approximate surface area is 193 Å². The zero-order chi connectivity index (χ0) is 23.6. The standard InChI is InChI=1S/C25H28N4O4/c1-18(2)33-25(31)15-23(20-9-12-22(32-3)13-10-20)26-24(30)14-11-21-17-29(28-27-21)16-19-7-5-4-6-8-19/h4-14,17-18,23H,15-16H2,1-3H3,(H,26,30)/b14-11+/t23-/m1/s1. The molecule has 3 rings (SSSR count). The number of carbonyl (C=O) groups excluding carboxylic acids is 2. The second-order valence-corrected chi connectivity index (χ2v) is 7.74. The number of esters is 1. The Morgan fingerprint density at radius 3 is 2.48 bits per heavy atom. The fourth-order valence-corrected chi connectivity index (χ4v) is 3.18. The number of carbonyl (C=O) groups is 2. The monoisotopic (exact) mass is 448 g/mol. The number of rotatable bonds is 10. The molecule has 1 amide bonds. The first kappa shape index (κ1) is 23.7. The van der Waals surface area contributed by atoms with Gasteiger partial charge >= 0.3 is 5.97 Å². The van der Waals surface area contributed by atoms with Crippen LogP contribution in [0.2, 0.25) is 0 Å². The summed E-state index contributed by atoms with van der Waals surface area (Å²) in [5, 5.41) is 11.0. The van der Waals surface area contributed by atoms with Gasteiger partial charge in [0.25, 0.3) is 0 Å². The van der Waals surface area contributed by atoms with Crippen molar-refractivity contribution in [1.29, 1.82) is 0 Å². The number of benzene rings is 2. The highest BCUT2D eigenvalue weighted by molar-refractivity contribution is 5.92. The lowest BCUT2D eigenvalue weighted by Gasteiger charge is -2.19. The fourth-order valence-electron chi connectivity index (χ4n) is 3.18. The van der Waals surface area contributed by atoms with Crippen LogP contribution >= 0.6 is 0 Å². The predicted octanol–water partition coefficient (Wildman–Crippen LogP) is 3.55. The summed E-state index contributed by atoms with van der Waals surface area (Å²) in [4.78, 5) is 24.8. The molecule has 1 aromatic heterocycles. The molecule has 1 atom stereocenters. The Hall–Kier alpha value is -3.94. The van der Waals surface area contributed by atoms with E-state index in [1.54, 1.807) is 50.0 Å². The third-order valence-corrected chi connectivity index (χ3v) is 4.72. The Morgan fingerprint density at radius 2 is 1.82 bits per heavy atom. The molecule has 0 spiro atoms. The van der Waals surface area contributed by atoms with Crippen LogP contribution in [0.1, 0.15) is 43.1 Å². The zero-order valence-corrected chi connectivity index (χ0v) is 19.0. The van der Waals surface area contributed by atoms with Gasteiger partial charge in [-0.15, -0.1) is 5.10 Å². The smallest absolute Gasteiger partial charge is 0.308 e. The van der Waals surface area contributed by atoms with Crippen molar-refractivity contribution in [3.8, 4) is 5.75 Å². The maximum atomic E-state index is 12.6. The molecule has 8 nitrogen and oxygen atoms in total. The van der Waals surface area contributed by atoms with Crippen molar-refractivity contribution in [2.45, 2.75) is 39.0 Å². The van der Waals surface area contributed by atoms with Gasteiger partial charge in [0.2, 0.25) is 5.91 Å². The fraction of sp³-hybridized carbons (Fsp3) is 0.280. The van der Waals surface area contributed by atoms with Crippen LogP contribution in [0.5, 0.6) is 5.75 Å². The average Bonchev–Trinajstić information content (AvgIpc) is 3.25. The summed E-state index contributed by atoms with van der Waals surface area (Å²) < 4.78 is 12.1. The summed E-state index contributed by atoms with van der Waals surface area (Å²) >= 11 is 0. The molecule has 0 saturated heterocycles. The highest BCUT2D eigenvalue weighted by Crippen LogP contribution is 2.21. The van der Waals surface area contributed by atoms with E-state index in [1.165, 1.54) is 6.08 Å². The summed E-state index contributed by atoms with van der Waals surface area (Å²) in [7, 11) is 1.58. The number of amides is 1. The molecule has 1 heterocycles. The molecule has 0 aliphatic heterocycles. The van der Waals surface area contributed by atoms with E-state index in [4.69, 9.17) is 9.47 Å². The third-order valence-electron chi connectivity index (χ3n) is 4.72. The van der Waals surface area contributed by atoms with E-state index in [0.29, 0.717) is 18.0 Å². The highest BCUT2D eigenvalue weighted by Gasteiger charge is 2.19. The molecule has 0 aliphatic carbocycles. The molecule has 0 radical (unpaired) electrons. The number of nitrogens with one attached hydrogen (secondary N) is 1. The van der Waals surface area contributed by atoms with Crippen LogP contribution in [-0.4, -0.2) is 40.1 Å². The van der Waals surface area contributed by atoms with Crippen LogP contribution in [-0.2, 0) is 20.9 Å². The Kier molecular flexibility index (Phi) is 8.35. The molecule has 1 N–H and O–H groups in total. The molecule has 0 bridgehead atoms. The summed E-state index contributed by atoms with van der Waals surface area (Å²) in [5.41, 5.74) is 2.43. The quantitative estimate of drug-likeness (QED) is 0.376. The van der Waals surface area contributed by atoms with Gasteiger partial charge in [-0.2, -0.15) is 0 Å². The van der Waals surface area contributed by atoms with E-state index in [1.807, 2.05) is 42.5 Å². The maximum Gasteiger partial charge on any atom is 0.308 e. The van der Waals surface area contributed by atoms with Crippen LogP contribution in [0.3, 0.4) is 0 Å². The molecular weight excluding hydrogens is 420 g/mol. The second-order valence-electron chi connectivity index (χ2n) is 7.74. The average molecular weight is 449 g/mol. The molecule has 172 valence electrons. The van der Waals surface area contributed by atoms with Gasteiger partial charge in [0.05, 0.1) is 38.4 Å². The lowest BCUT2D eigenvalue weighted by atomic mass is 10.0.